The van der Waals surface area contributed by atoms with Crippen molar-refractivity contribution in [1.29, 1.82) is 0 Å². The summed E-state index contributed by atoms with van der Waals surface area (Å²) in [5, 5.41) is 0.587. The zero-order valence-electron chi connectivity index (χ0n) is 19.1. The second-order valence-electron chi connectivity index (χ2n) is 8.26. The number of benzene rings is 2. The van der Waals surface area contributed by atoms with Crippen molar-refractivity contribution in [2.75, 3.05) is 0 Å². The van der Waals surface area contributed by atoms with Crippen LogP contribution in [0.5, 0.6) is 5.75 Å². The number of nitrogens with two attached hydrogens (primary N) is 1. The van der Waals surface area contributed by atoms with E-state index >= 15 is 0 Å². The Morgan fingerprint density at radius 1 is 1.17 bits per heavy atom. The van der Waals surface area contributed by atoms with Crippen LogP contribution in [0.3, 0.4) is 0 Å². The Morgan fingerprint density at radius 3 is 2.74 bits per heavy atom. The van der Waals surface area contributed by atoms with Gasteiger partial charge in [-0.1, -0.05) is 11.6 Å². The predicted molar refractivity (Wildman–Crippen MR) is 137 cm³/mol. The maximum absolute atomic E-state index is 13.4. The van der Waals surface area contributed by atoms with Gasteiger partial charge in [-0.15, -0.1) is 11.3 Å². The number of aromatic nitrogens is 2. The largest absolute Gasteiger partial charge is 0.483 e. The summed E-state index contributed by atoms with van der Waals surface area (Å²) in [7, 11) is 0. The first-order valence-corrected chi connectivity index (χ1v) is 12.0. The Bertz CT molecular complexity index is 1690. The second-order valence-corrected chi connectivity index (χ2v) is 9.53. The lowest BCUT2D eigenvalue weighted by Crippen LogP contribution is -2.17. The van der Waals surface area contributed by atoms with Crippen LogP contribution in [0.2, 0.25) is 5.15 Å². The van der Waals surface area contributed by atoms with Gasteiger partial charge in [0.1, 0.15) is 22.6 Å². The molecule has 1 atom stereocenters. The second kappa shape index (κ2) is 8.79. The van der Waals surface area contributed by atoms with Gasteiger partial charge in [0.05, 0.1) is 21.1 Å². The van der Waals surface area contributed by atoms with E-state index < -0.39 is 12.0 Å². The molecule has 0 saturated carbocycles. The Kier molecular flexibility index (Phi) is 5.78. The molecule has 0 saturated heterocycles. The predicted octanol–water partition coefficient (Wildman–Crippen LogP) is 5.97. The molecule has 0 fully saturated rings. The SMILES string of the molecule is Cc1cc([C@@H](C)Oc2ccc(Cl)nc2C(N)=O)c2oc(-c3ccc4ncsc4c3)c(C)c(=O)c2c1. The molecule has 9 heteroatoms. The zero-order valence-corrected chi connectivity index (χ0v) is 20.7. The van der Waals surface area contributed by atoms with Crippen LogP contribution in [-0.4, -0.2) is 15.9 Å². The van der Waals surface area contributed by atoms with Gasteiger partial charge in [-0.05, 0) is 68.8 Å². The van der Waals surface area contributed by atoms with Crippen LogP contribution >= 0.6 is 22.9 Å². The number of nitrogens with zero attached hydrogens (tertiary/aromatic N) is 2. The molecule has 0 aliphatic rings. The normalized spacial score (nSPS) is 12.2. The number of rotatable bonds is 5. The molecule has 2 N–H and O–H groups in total. The average Bonchev–Trinajstić information content (AvgIpc) is 3.30. The van der Waals surface area contributed by atoms with Crippen LogP contribution in [0.1, 0.15) is 40.2 Å². The van der Waals surface area contributed by atoms with E-state index in [0.717, 1.165) is 21.3 Å². The number of halogens is 1. The number of primary amides is 1. The standard InChI is InChI=1S/C26H20ClN3O4S/c1-12-8-16(14(3)33-19-6-7-21(27)30-22(19)26(28)32)25-17(9-12)23(31)13(2)24(34-25)15-4-5-18-20(10-15)35-11-29-18/h4-11,14H,1-3H3,(H2,28,32)/t14-/m1/s1. The highest BCUT2D eigenvalue weighted by molar-refractivity contribution is 7.16. The van der Waals surface area contributed by atoms with Crippen molar-refractivity contribution in [2.24, 2.45) is 5.73 Å². The lowest BCUT2D eigenvalue weighted by atomic mass is 10.00. The molecule has 0 spiro atoms. The highest BCUT2D eigenvalue weighted by Crippen LogP contribution is 2.34. The van der Waals surface area contributed by atoms with Crippen LogP contribution in [0.15, 0.2) is 57.2 Å². The molecule has 0 aliphatic carbocycles. The number of hydrogen-bond donors (Lipinski definition) is 1. The monoisotopic (exact) mass is 505 g/mol. The van der Waals surface area contributed by atoms with Crippen molar-refractivity contribution < 1.29 is 13.9 Å². The summed E-state index contributed by atoms with van der Waals surface area (Å²) < 4.78 is 13.5. The van der Waals surface area contributed by atoms with Crippen LogP contribution < -0.4 is 15.9 Å². The number of ether oxygens (including phenoxy) is 1. The smallest absolute Gasteiger partial charge is 0.271 e. The molecular formula is C26H20ClN3O4S. The van der Waals surface area contributed by atoms with E-state index in [9.17, 15) is 9.59 Å². The Morgan fingerprint density at radius 2 is 1.97 bits per heavy atom. The maximum atomic E-state index is 13.4. The minimum absolute atomic E-state index is 0.0721. The fourth-order valence-corrected chi connectivity index (χ4v) is 4.95. The molecular weight excluding hydrogens is 486 g/mol. The maximum Gasteiger partial charge on any atom is 0.271 e. The first-order chi connectivity index (χ1) is 16.7. The van der Waals surface area contributed by atoms with E-state index in [1.54, 1.807) is 31.5 Å². The van der Waals surface area contributed by atoms with E-state index in [-0.39, 0.29) is 22.0 Å². The number of thiazole rings is 1. The first-order valence-electron chi connectivity index (χ1n) is 10.8. The number of aryl methyl sites for hydroxylation is 1. The summed E-state index contributed by atoms with van der Waals surface area (Å²) in [5.74, 6) is -0.0813. The van der Waals surface area contributed by atoms with Gasteiger partial charge in [-0.2, -0.15) is 0 Å². The molecule has 3 aromatic heterocycles. The number of amides is 1. The van der Waals surface area contributed by atoms with Crippen molar-refractivity contribution in [3.63, 3.8) is 0 Å². The summed E-state index contributed by atoms with van der Waals surface area (Å²) in [6.07, 6.45) is -0.596. The zero-order chi connectivity index (χ0) is 24.9. The Hall–Kier alpha value is -3.75. The summed E-state index contributed by atoms with van der Waals surface area (Å²) in [6, 6.07) is 12.5. The third-order valence-corrected chi connectivity index (χ3v) is 6.79. The molecule has 35 heavy (non-hydrogen) atoms. The van der Waals surface area contributed by atoms with Crippen molar-refractivity contribution in [3.8, 4) is 17.1 Å². The Labute approximate surface area is 209 Å². The third kappa shape index (κ3) is 4.15. The number of hydrogen-bond acceptors (Lipinski definition) is 7. The number of carbonyl (C=O) groups excluding carboxylic acids is 1. The molecule has 0 bridgehead atoms. The summed E-state index contributed by atoms with van der Waals surface area (Å²) >= 11 is 7.44. The van der Waals surface area contributed by atoms with Crippen LogP contribution in [0.25, 0.3) is 32.5 Å². The van der Waals surface area contributed by atoms with Crippen molar-refractivity contribution in [3.05, 3.63) is 85.7 Å². The lowest BCUT2D eigenvalue weighted by Gasteiger charge is -2.19. The molecule has 1 amide bonds. The van der Waals surface area contributed by atoms with Gasteiger partial charge in [0.25, 0.3) is 5.91 Å². The highest BCUT2D eigenvalue weighted by atomic mass is 35.5. The molecule has 3 heterocycles. The number of fused-ring (bicyclic) bond motifs is 2. The van der Waals surface area contributed by atoms with Crippen molar-refractivity contribution in [2.45, 2.75) is 26.9 Å². The fourth-order valence-electron chi connectivity index (χ4n) is 4.09. The molecule has 0 radical (unpaired) electrons. The molecule has 0 aliphatic heterocycles. The molecule has 5 rings (SSSR count). The average molecular weight is 506 g/mol. The molecule has 5 aromatic rings. The lowest BCUT2D eigenvalue weighted by molar-refractivity contribution is 0.0988. The molecule has 7 nitrogen and oxygen atoms in total. The molecule has 176 valence electrons. The van der Waals surface area contributed by atoms with E-state index in [0.29, 0.717) is 27.9 Å². The topological polar surface area (TPSA) is 108 Å². The first kappa shape index (κ1) is 23.0. The van der Waals surface area contributed by atoms with Gasteiger partial charge in [0.15, 0.2) is 16.9 Å². The van der Waals surface area contributed by atoms with Gasteiger partial charge in [0.2, 0.25) is 0 Å². The molecule has 2 aromatic carbocycles. The van der Waals surface area contributed by atoms with E-state index in [4.69, 9.17) is 26.5 Å². The van der Waals surface area contributed by atoms with Crippen LogP contribution in [-0.2, 0) is 0 Å². The van der Waals surface area contributed by atoms with Crippen molar-refractivity contribution in [1.82, 2.24) is 9.97 Å². The van der Waals surface area contributed by atoms with Gasteiger partial charge in [-0.25, -0.2) is 9.97 Å². The van der Waals surface area contributed by atoms with Gasteiger partial charge in [-0.3, -0.25) is 9.59 Å². The van der Waals surface area contributed by atoms with Gasteiger partial charge in [0, 0.05) is 16.7 Å². The summed E-state index contributed by atoms with van der Waals surface area (Å²) in [4.78, 5) is 33.6. The van der Waals surface area contributed by atoms with Crippen LogP contribution in [0, 0.1) is 13.8 Å². The van der Waals surface area contributed by atoms with Crippen LogP contribution in [0.4, 0.5) is 0 Å². The van der Waals surface area contributed by atoms with E-state index in [1.165, 1.54) is 17.4 Å². The number of carbonyl (C=O) groups is 1. The van der Waals surface area contributed by atoms with Gasteiger partial charge < -0.3 is 14.9 Å². The van der Waals surface area contributed by atoms with E-state index in [1.807, 2.05) is 31.2 Å². The fraction of sp³-hybridized carbons (Fsp3) is 0.154. The van der Waals surface area contributed by atoms with Crippen molar-refractivity contribution >= 4 is 50.0 Å². The van der Waals surface area contributed by atoms with Gasteiger partial charge >= 0.3 is 0 Å². The highest BCUT2D eigenvalue weighted by Gasteiger charge is 2.22. The molecule has 0 unspecified atom stereocenters. The minimum Gasteiger partial charge on any atom is -0.483 e. The third-order valence-electron chi connectivity index (χ3n) is 5.78. The quantitative estimate of drug-likeness (QED) is 0.294. The summed E-state index contributed by atoms with van der Waals surface area (Å²) in [6.45, 7) is 5.46. The minimum atomic E-state index is -0.758. The van der Waals surface area contributed by atoms with E-state index in [2.05, 4.69) is 9.97 Å². The summed E-state index contributed by atoms with van der Waals surface area (Å²) in [5.41, 5.74) is 11.2. The Balaban J connectivity index is 1.67. The number of pyridine rings is 1.